The van der Waals surface area contributed by atoms with E-state index in [1.54, 1.807) is 0 Å². The zero-order valence-electron chi connectivity index (χ0n) is 12.0. The minimum absolute atomic E-state index is 0.186. The molecule has 122 valence electrons. The molecule has 0 aliphatic rings. The molecule has 23 heavy (non-hydrogen) atoms. The molecular weight excluding hydrogens is 331 g/mol. The Morgan fingerprint density at radius 1 is 1.30 bits per heavy atom. The van der Waals surface area contributed by atoms with E-state index in [1.165, 1.54) is 6.07 Å². The monoisotopic (exact) mass is 343 g/mol. The van der Waals surface area contributed by atoms with Crippen LogP contribution in [0.1, 0.15) is 12.6 Å². The molecule has 2 N–H and O–H groups in total. The van der Waals surface area contributed by atoms with E-state index in [4.69, 9.17) is 0 Å². The highest BCUT2D eigenvalue weighted by Crippen LogP contribution is 2.20. The average Bonchev–Trinajstić information content (AvgIpc) is 2.53. The summed E-state index contributed by atoms with van der Waals surface area (Å²) in [6.45, 7) is 1.83. The number of hydrogen-bond donors (Lipinski definition) is 2. The number of aromatic nitrogens is 2. The summed E-state index contributed by atoms with van der Waals surface area (Å²) < 4.78 is 39.3. The minimum atomic E-state index is -1.66. The molecule has 0 saturated carbocycles. The topological polar surface area (TPSA) is 74.8 Å². The van der Waals surface area contributed by atoms with E-state index in [-0.39, 0.29) is 16.5 Å². The van der Waals surface area contributed by atoms with Crippen LogP contribution in [0.3, 0.4) is 0 Å². The van der Waals surface area contributed by atoms with Crippen molar-refractivity contribution >= 4 is 23.4 Å². The Labute approximate surface area is 133 Å². The highest BCUT2D eigenvalue weighted by molar-refractivity contribution is 7.99. The van der Waals surface area contributed by atoms with Crippen LogP contribution < -0.4 is 10.9 Å². The van der Waals surface area contributed by atoms with Crippen LogP contribution >= 0.6 is 11.8 Å². The van der Waals surface area contributed by atoms with Crippen LogP contribution in [0.25, 0.3) is 0 Å². The molecule has 0 radical (unpaired) electrons. The summed E-state index contributed by atoms with van der Waals surface area (Å²) in [5.41, 5.74) is -0.229. The van der Waals surface area contributed by atoms with Crippen molar-refractivity contribution in [3.05, 3.63) is 51.7 Å². The molecule has 0 bridgehead atoms. The summed E-state index contributed by atoms with van der Waals surface area (Å²) in [5.74, 6) is -5.30. The van der Waals surface area contributed by atoms with Gasteiger partial charge in [0.15, 0.2) is 22.6 Å². The van der Waals surface area contributed by atoms with Gasteiger partial charge in [-0.25, -0.2) is 18.2 Å². The van der Waals surface area contributed by atoms with Gasteiger partial charge in [-0.05, 0) is 18.6 Å². The fraction of sp³-hybridized carbons (Fsp3) is 0.214. The Bertz CT molecular complexity index is 795. The van der Waals surface area contributed by atoms with Gasteiger partial charge in [0.25, 0.3) is 5.56 Å². The van der Waals surface area contributed by atoms with Gasteiger partial charge in [0.2, 0.25) is 5.91 Å². The van der Waals surface area contributed by atoms with Crippen molar-refractivity contribution in [3.8, 4) is 0 Å². The third-order valence-corrected chi connectivity index (χ3v) is 3.66. The Morgan fingerprint density at radius 3 is 2.74 bits per heavy atom. The first-order valence-corrected chi connectivity index (χ1v) is 7.55. The number of halogens is 3. The van der Waals surface area contributed by atoms with Crippen LogP contribution in [-0.2, 0) is 11.2 Å². The third kappa shape index (κ3) is 4.35. The number of aryl methyl sites for hydroxylation is 1. The summed E-state index contributed by atoms with van der Waals surface area (Å²) in [5, 5.41) is 2.38. The number of carbonyl (C=O) groups excluding carboxylic acids is 1. The molecule has 0 atom stereocenters. The maximum Gasteiger partial charge on any atom is 0.251 e. The highest BCUT2D eigenvalue weighted by atomic mass is 32.2. The summed E-state index contributed by atoms with van der Waals surface area (Å²) in [6.07, 6.45) is 0.559. The van der Waals surface area contributed by atoms with E-state index >= 15 is 0 Å². The lowest BCUT2D eigenvalue weighted by atomic mass is 10.3. The Hall–Kier alpha value is -2.29. The molecule has 0 aliphatic carbocycles. The van der Waals surface area contributed by atoms with Crippen molar-refractivity contribution < 1.29 is 18.0 Å². The second kappa shape index (κ2) is 7.32. The number of carbonyl (C=O) groups is 1. The molecule has 0 saturated heterocycles. The summed E-state index contributed by atoms with van der Waals surface area (Å²) >= 11 is 0.936. The van der Waals surface area contributed by atoms with E-state index < -0.39 is 29.0 Å². The van der Waals surface area contributed by atoms with Gasteiger partial charge in [0, 0.05) is 11.8 Å². The predicted molar refractivity (Wildman–Crippen MR) is 79.9 cm³/mol. The van der Waals surface area contributed by atoms with Gasteiger partial charge in [-0.15, -0.1) is 0 Å². The Kier molecular flexibility index (Phi) is 5.43. The zero-order valence-corrected chi connectivity index (χ0v) is 12.8. The summed E-state index contributed by atoms with van der Waals surface area (Å²) in [4.78, 5) is 29.7. The number of nitrogens with zero attached hydrogens (tertiary/aromatic N) is 1. The number of thioether (sulfide) groups is 1. The van der Waals surface area contributed by atoms with Gasteiger partial charge in [0.1, 0.15) is 0 Å². The number of benzene rings is 1. The number of rotatable bonds is 5. The van der Waals surface area contributed by atoms with Crippen LogP contribution in [0.5, 0.6) is 0 Å². The second-order valence-corrected chi connectivity index (χ2v) is 5.42. The Morgan fingerprint density at radius 2 is 2.04 bits per heavy atom. The molecule has 1 amide bonds. The first-order chi connectivity index (χ1) is 10.9. The van der Waals surface area contributed by atoms with Gasteiger partial charge in [-0.2, -0.15) is 0 Å². The maximum absolute atomic E-state index is 13.4. The SMILES string of the molecule is CCc1cc(=O)[nH]c(SCC(=O)Nc2ccc(F)c(F)c2F)n1. The first-order valence-electron chi connectivity index (χ1n) is 6.57. The number of aromatic amines is 1. The van der Waals surface area contributed by atoms with Crippen LogP contribution in [-0.4, -0.2) is 21.6 Å². The van der Waals surface area contributed by atoms with Crippen molar-refractivity contribution in [1.29, 1.82) is 0 Å². The van der Waals surface area contributed by atoms with Crippen LogP contribution in [0.4, 0.5) is 18.9 Å². The number of anilines is 1. The quantitative estimate of drug-likeness (QED) is 0.497. The largest absolute Gasteiger partial charge is 0.323 e. The lowest BCUT2D eigenvalue weighted by Gasteiger charge is -2.07. The van der Waals surface area contributed by atoms with E-state index in [0.29, 0.717) is 18.2 Å². The minimum Gasteiger partial charge on any atom is -0.323 e. The van der Waals surface area contributed by atoms with Gasteiger partial charge < -0.3 is 10.3 Å². The second-order valence-electron chi connectivity index (χ2n) is 4.46. The van der Waals surface area contributed by atoms with E-state index in [1.807, 2.05) is 6.92 Å². The molecule has 9 heteroatoms. The Balaban J connectivity index is 2.02. The fourth-order valence-electron chi connectivity index (χ4n) is 1.68. The predicted octanol–water partition coefficient (Wildman–Crippen LogP) is 2.48. The molecular formula is C14H12F3N3O2S. The van der Waals surface area contributed by atoms with E-state index in [9.17, 15) is 22.8 Å². The summed E-state index contributed by atoms with van der Waals surface area (Å²) in [7, 11) is 0. The molecule has 0 spiro atoms. The van der Waals surface area contributed by atoms with Crippen LogP contribution in [0, 0.1) is 17.5 Å². The fourth-order valence-corrected chi connectivity index (χ4v) is 2.37. The standard InChI is InChI=1S/C14H12F3N3O2S/c1-2-7-5-10(21)20-14(18-7)23-6-11(22)19-9-4-3-8(15)12(16)13(9)17/h3-5H,2,6H2,1H3,(H,19,22)(H,18,20,21). The molecule has 0 fully saturated rings. The van der Waals surface area contributed by atoms with Crippen molar-refractivity contribution in [2.75, 3.05) is 11.1 Å². The van der Waals surface area contributed by atoms with Crippen molar-refractivity contribution in [2.45, 2.75) is 18.5 Å². The highest BCUT2D eigenvalue weighted by Gasteiger charge is 2.15. The molecule has 1 aromatic carbocycles. The molecule has 5 nitrogen and oxygen atoms in total. The van der Waals surface area contributed by atoms with Gasteiger partial charge in [-0.3, -0.25) is 9.59 Å². The molecule has 1 aromatic heterocycles. The maximum atomic E-state index is 13.4. The molecule has 2 aromatic rings. The lowest BCUT2D eigenvalue weighted by Crippen LogP contribution is -2.17. The number of nitrogens with one attached hydrogen (secondary N) is 2. The molecule has 1 heterocycles. The van der Waals surface area contributed by atoms with Gasteiger partial charge in [-0.1, -0.05) is 18.7 Å². The van der Waals surface area contributed by atoms with Crippen molar-refractivity contribution in [1.82, 2.24) is 9.97 Å². The van der Waals surface area contributed by atoms with Crippen molar-refractivity contribution in [3.63, 3.8) is 0 Å². The number of amides is 1. The number of hydrogen-bond acceptors (Lipinski definition) is 4. The smallest absolute Gasteiger partial charge is 0.251 e. The summed E-state index contributed by atoms with van der Waals surface area (Å²) in [6, 6.07) is 2.99. The lowest BCUT2D eigenvalue weighted by molar-refractivity contribution is -0.113. The normalized spacial score (nSPS) is 10.6. The molecule has 0 unspecified atom stereocenters. The van der Waals surface area contributed by atoms with Gasteiger partial charge >= 0.3 is 0 Å². The molecule has 0 aliphatic heterocycles. The van der Waals surface area contributed by atoms with Crippen LogP contribution in [0.15, 0.2) is 28.2 Å². The number of H-pyrrole nitrogens is 1. The molecule has 2 rings (SSSR count). The van der Waals surface area contributed by atoms with Crippen LogP contribution in [0.2, 0.25) is 0 Å². The zero-order chi connectivity index (χ0) is 17.0. The average molecular weight is 343 g/mol. The van der Waals surface area contributed by atoms with E-state index in [2.05, 4.69) is 15.3 Å². The van der Waals surface area contributed by atoms with Crippen molar-refractivity contribution in [2.24, 2.45) is 0 Å². The van der Waals surface area contributed by atoms with Gasteiger partial charge in [0.05, 0.1) is 11.4 Å². The third-order valence-electron chi connectivity index (χ3n) is 2.78. The van der Waals surface area contributed by atoms with E-state index in [0.717, 1.165) is 17.8 Å². The first kappa shape index (κ1) is 17.1.